The topological polar surface area (TPSA) is 97.7 Å². The van der Waals surface area contributed by atoms with Gasteiger partial charge in [0.2, 0.25) is 5.71 Å². The van der Waals surface area contributed by atoms with Gasteiger partial charge < -0.3 is 19.4 Å². The maximum atomic E-state index is 12.3. The summed E-state index contributed by atoms with van der Waals surface area (Å²) < 4.78 is 12.5. The number of furan rings is 1. The Morgan fingerprint density at radius 3 is 2.80 bits per heavy atom. The highest BCUT2D eigenvalue weighted by Crippen LogP contribution is 2.28. The number of hydrogen-bond donors (Lipinski definition) is 2. The normalized spacial score (nSPS) is 23.4. The van der Waals surface area contributed by atoms with Gasteiger partial charge in [-0.1, -0.05) is 30.3 Å². The largest absolute Gasteiger partial charge is 0.442 e. The third-order valence-corrected chi connectivity index (χ3v) is 4.40. The fourth-order valence-electron chi connectivity index (χ4n) is 3.12. The average molecular weight is 342 g/mol. The van der Waals surface area contributed by atoms with E-state index in [-0.39, 0.29) is 18.7 Å². The van der Waals surface area contributed by atoms with Crippen LogP contribution in [0.3, 0.4) is 0 Å². The van der Waals surface area contributed by atoms with Gasteiger partial charge in [-0.3, -0.25) is 4.57 Å². The van der Waals surface area contributed by atoms with E-state index in [0.717, 1.165) is 5.56 Å². The number of rotatable bonds is 4. The molecule has 2 aromatic heterocycles. The Kier molecular flexibility index (Phi) is 4.12. The summed E-state index contributed by atoms with van der Waals surface area (Å²) >= 11 is 0. The minimum absolute atomic E-state index is 0.229. The lowest BCUT2D eigenvalue weighted by Crippen LogP contribution is -2.27. The van der Waals surface area contributed by atoms with Crippen molar-refractivity contribution in [3.8, 4) is 0 Å². The van der Waals surface area contributed by atoms with Crippen LogP contribution in [0.15, 0.2) is 51.8 Å². The van der Waals surface area contributed by atoms with Crippen molar-refractivity contribution in [2.75, 3.05) is 6.61 Å². The van der Waals surface area contributed by atoms with Crippen LogP contribution in [0.25, 0.3) is 11.1 Å². The second kappa shape index (κ2) is 6.44. The van der Waals surface area contributed by atoms with Crippen LogP contribution in [0, 0.1) is 0 Å². The predicted molar refractivity (Wildman–Crippen MR) is 89.1 cm³/mol. The lowest BCUT2D eigenvalue weighted by atomic mass is 10.1. The molecule has 0 amide bonds. The molecule has 1 fully saturated rings. The second-order valence-electron chi connectivity index (χ2n) is 6.18. The fraction of sp³-hybridized carbons (Fsp3) is 0.333. The Balaban J connectivity index is 1.64. The van der Waals surface area contributed by atoms with E-state index in [2.05, 4.69) is 4.98 Å². The Morgan fingerprint density at radius 1 is 1.28 bits per heavy atom. The molecule has 1 aromatic carbocycles. The van der Waals surface area contributed by atoms with E-state index < -0.39 is 24.1 Å². The molecule has 1 aliphatic rings. The first-order valence-electron chi connectivity index (χ1n) is 8.14. The number of fused-ring (bicyclic) bond motifs is 1. The van der Waals surface area contributed by atoms with Crippen LogP contribution in [0.4, 0.5) is 0 Å². The smallest absolute Gasteiger partial charge is 0.353 e. The molecule has 0 radical (unpaired) electrons. The highest BCUT2D eigenvalue weighted by Gasteiger charge is 2.35. The van der Waals surface area contributed by atoms with Crippen LogP contribution < -0.4 is 5.69 Å². The first kappa shape index (κ1) is 16.0. The number of ether oxygens (including phenoxy) is 1. The Bertz CT molecular complexity index is 934. The number of benzene rings is 1. The van der Waals surface area contributed by atoms with Crippen molar-refractivity contribution in [2.24, 2.45) is 0 Å². The minimum atomic E-state index is -0.810. The van der Waals surface area contributed by atoms with Crippen molar-refractivity contribution < 1.29 is 19.4 Å². The van der Waals surface area contributed by atoms with Gasteiger partial charge in [0, 0.05) is 19.0 Å². The van der Waals surface area contributed by atoms with E-state index in [1.165, 1.54) is 4.57 Å². The number of aromatic nitrogens is 2. The average Bonchev–Trinajstić information content (AvgIpc) is 3.17. The summed E-state index contributed by atoms with van der Waals surface area (Å²) in [5.41, 5.74) is 0.873. The minimum Gasteiger partial charge on any atom is -0.442 e. The van der Waals surface area contributed by atoms with Crippen molar-refractivity contribution in [2.45, 2.75) is 31.3 Å². The van der Waals surface area contributed by atoms with Crippen molar-refractivity contribution in [1.82, 2.24) is 9.55 Å². The molecule has 7 heteroatoms. The molecule has 3 heterocycles. The zero-order valence-corrected chi connectivity index (χ0v) is 13.4. The molecule has 3 aromatic rings. The zero-order valence-electron chi connectivity index (χ0n) is 13.4. The van der Waals surface area contributed by atoms with E-state index in [1.54, 1.807) is 6.20 Å². The summed E-state index contributed by atoms with van der Waals surface area (Å²) in [6, 6.07) is 11.7. The number of nitrogens with zero attached hydrogens (tertiary/aromatic N) is 2. The highest BCUT2D eigenvalue weighted by molar-refractivity contribution is 5.72. The molecule has 2 N–H and O–H groups in total. The molecule has 25 heavy (non-hydrogen) atoms. The monoisotopic (exact) mass is 342 g/mol. The quantitative estimate of drug-likeness (QED) is 0.740. The molecule has 0 aliphatic carbocycles. The maximum absolute atomic E-state index is 12.3. The molecule has 0 spiro atoms. The van der Waals surface area contributed by atoms with E-state index in [0.29, 0.717) is 17.6 Å². The molecule has 7 nitrogen and oxygen atoms in total. The first-order chi connectivity index (χ1) is 12.1. The van der Waals surface area contributed by atoms with Crippen molar-refractivity contribution in [1.29, 1.82) is 0 Å². The lowest BCUT2D eigenvalue weighted by Gasteiger charge is -2.13. The molecular weight excluding hydrogens is 324 g/mol. The van der Waals surface area contributed by atoms with Gasteiger partial charge in [-0.2, -0.15) is 4.98 Å². The van der Waals surface area contributed by atoms with Gasteiger partial charge in [-0.15, -0.1) is 0 Å². The van der Waals surface area contributed by atoms with Crippen molar-refractivity contribution in [3.63, 3.8) is 0 Å². The number of aliphatic hydroxyl groups excluding tert-OH is 2. The van der Waals surface area contributed by atoms with E-state index in [4.69, 9.17) is 9.15 Å². The summed E-state index contributed by atoms with van der Waals surface area (Å²) in [4.78, 5) is 16.2. The molecule has 3 atom stereocenters. The Hall–Kier alpha value is -2.48. The van der Waals surface area contributed by atoms with Crippen LogP contribution in [-0.2, 0) is 11.2 Å². The second-order valence-corrected chi connectivity index (χ2v) is 6.18. The standard InChI is InChI=1S/C18H18N2O5/c21-10-15-14(22)8-16(25-15)20-9-12-7-13(24-17(12)19-18(20)23)6-11-4-2-1-3-5-11/h1-5,7,9,14-16,21-22H,6,8,10H2/t14-,15+,16+/m0/s1. The third-order valence-electron chi connectivity index (χ3n) is 4.40. The summed E-state index contributed by atoms with van der Waals surface area (Å²) in [5.74, 6) is 0.714. The molecular formula is C18H18N2O5. The van der Waals surface area contributed by atoms with E-state index in [1.807, 2.05) is 36.4 Å². The van der Waals surface area contributed by atoms with Crippen molar-refractivity contribution >= 4 is 11.1 Å². The summed E-state index contributed by atoms with van der Waals surface area (Å²) in [7, 11) is 0. The molecule has 0 bridgehead atoms. The van der Waals surface area contributed by atoms with E-state index >= 15 is 0 Å². The summed E-state index contributed by atoms with van der Waals surface area (Å²) in [6.45, 7) is -0.297. The fourth-order valence-corrected chi connectivity index (χ4v) is 3.12. The number of hydrogen-bond acceptors (Lipinski definition) is 6. The van der Waals surface area contributed by atoms with Crippen LogP contribution >= 0.6 is 0 Å². The molecule has 4 rings (SSSR count). The number of aliphatic hydroxyl groups is 2. The molecule has 1 saturated heterocycles. The van der Waals surface area contributed by atoms with Gasteiger partial charge in [0.25, 0.3) is 0 Å². The highest BCUT2D eigenvalue weighted by atomic mass is 16.5. The van der Waals surface area contributed by atoms with Gasteiger partial charge in [0.15, 0.2) is 0 Å². The molecule has 130 valence electrons. The molecule has 0 unspecified atom stereocenters. The Morgan fingerprint density at radius 2 is 2.08 bits per heavy atom. The van der Waals surface area contributed by atoms with Gasteiger partial charge in [-0.25, -0.2) is 4.79 Å². The summed E-state index contributed by atoms with van der Waals surface area (Å²) in [6.07, 6.45) is 0.314. The third kappa shape index (κ3) is 3.09. The first-order valence-corrected chi connectivity index (χ1v) is 8.14. The van der Waals surface area contributed by atoms with Gasteiger partial charge >= 0.3 is 5.69 Å². The van der Waals surface area contributed by atoms with Crippen molar-refractivity contribution in [3.05, 3.63) is 64.4 Å². The zero-order chi connectivity index (χ0) is 17.4. The maximum Gasteiger partial charge on any atom is 0.353 e. The van der Waals surface area contributed by atoms with E-state index in [9.17, 15) is 15.0 Å². The summed E-state index contributed by atoms with van der Waals surface area (Å²) in [5, 5.41) is 19.7. The van der Waals surface area contributed by atoms with Crippen LogP contribution in [0.2, 0.25) is 0 Å². The van der Waals surface area contributed by atoms with Gasteiger partial charge in [0.05, 0.1) is 18.1 Å². The SMILES string of the molecule is O=c1nc2oc(Cc3ccccc3)cc2cn1[C@H]1C[C@H](O)[C@@H](CO)O1. The van der Waals surface area contributed by atoms with Gasteiger partial charge in [-0.05, 0) is 11.6 Å². The van der Waals surface area contributed by atoms with Crippen LogP contribution in [-0.4, -0.2) is 38.6 Å². The van der Waals surface area contributed by atoms with Gasteiger partial charge in [0.1, 0.15) is 18.1 Å². The lowest BCUT2D eigenvalue weighted by molar-refractivity contribution is -0.0457. The molecule has 1 aliphatic heterocycles. The Labute approximate surface area is 143 Å². The van der Waals surface area contributed by atoms with Crippen LogP contribution in [0.5, 0.6) is 0 Å². The molecule has 0 saturated carbocycles. The predicted octanol–water partition coefficient (Wildman–Crippen LogP) is 1.22. The van der Waals surface area contributed by atoms with Crippen LogP contribution in [0.1, 0.15) is 24.0 Å².